The van der Waals surface area contributed by atoms with Gasteiger partial charge in [-0.25, -0.2) is 4.79 Å². The highest BCUT2D eigenvalue weighted by Gasteiger charge is 2.21. The third kappa shape index (κ3) is 5.34. The first kappa shape index (κ1) is 16.8. The van der Waals surface area contributed by atoms with Crippen LogP contribution in [0.15, 0.2) is 30.3 Å². The lowest BCUT2D eigenvalue weighted by Crippen LogP contribution is -2.37. The van der Waals surface area contributed by atoms with Gasteiger partial charge in [0.2, 0.25) is 0 Å². The van der Waals surface area contributed by atoms with Gasteiger partial charge in [-0.15, -0.1) is 0 Å². The lowest BCUT2D eigenvalue weighted by molar-refractivity contribution is 0.134. The highest BCUT2D eigenvalue weighted by molar-refractivity contribution is 5.67. The van der Waals surface area contributed by atoms with Crippen molar-refractivity contribution < 1.29 is 9.53 Å². The summed E-state index contributed by atoms with van der Waals surface area (Å²) >= 11 is 0. The van der Waals surface area contributed by atoms with Crippen molar-refractivity contribution in [3.8, 4) is 0 Å². The number of nitrogens with one attached hydrogen (secondary N) is 1. The first-order valence-electron chi connectivity index (χ1n) is 8.40. The minimum absolute atomic E-state index is 0.234. The molecule has 22 heavy (non-hydrogen) atoms. The minimum atomic E-state index is -0.300. The summed E-state index contributed by atoms with van der Waals surface area (Å²) in [6, 6.07) is 10.6. The van der Waals surface area contributed by atoms with Crippen LogP contribution in [0.2, 0.25) is 0 Å². The van der Waals surface area contributed by atoms with Crippen molar-refractivity contribution in [1.29, 1.82) is 0 Å². The molecule has 2 unspecified atom stereocenters. The number of rotatable bonds is 5. The number of likely N-dealkylation sites (tertiary alicyclic amines) is 1. The average molecular weight is 304 g/mol. The van der Waals surface area contributed by atoms with Gasteiger partial charge in [-0.3, -0.25) is 0 Å². The Morgan fingerprint density at radius 2 is 2.09 bits per heavy atom. The molecule has 1 fully saturated rings. The maximum atomic E-state index is 11.9. The number of benzene rings is 1. The van der Waals surface area contributed by atoms with Crippen molar-refractivity contribution >= 4 is 6.09 Å². The van der Waals surface area contributed by atoms with Gasteiger partial charge in [-0.05, 0) is 44.7 Å². The Bertz CT molecular complexity index is 450. The second-order valence-electron chi connectivity index (χ2n) is 6.13. The molecule has 1 aliphatic rings. The smallest absolute Gasteiger partial charge is 0.407 e. The van der Waals surface area contributed by atoms with Gasteiger partial charge in [0.15, 0.2) is 0 Å². The van der Waals surface area contributed by atoms with E-state index in [1.165, 1.54) is 6.42 Å². The Kier molecular flexibility index (Phi) is 6.72. The molecule has 1 amide bonds. The lowest BCUT2D eigenvalue weighted by Gasteiger charge is -2.26. The zero-order valence-electron chi connectivity index (χ0n) is 13.8. The maximum absolute atomic E-state index is 11.9. The molecule has 2 rings (SSSR count). The number of alkyl carbamates (subject to hydrolysis) is 1. The largest absolute Gasteiger partial charge is 0.445 e. The SMILES string of the molecule is CCC(C)N1CCCC(NC(=O)OCc2ccccc2)CC1. The highest BCUT2D eigenvalue weighted by atomic mass is 16.5. The number of carbonyl (C=O) groups excluding carboxylic acids is 1. The second kappa shape index (κ2) is 8.79. The van der Waals surface area contributed by atoms with Crippen LogP contribution in [0.5, 0.6) is 0 Å². The van der Waals surface area contributed by atoms with Crippen LogP contribution in [0.1, 0.15) is 45.1 Å². The fraction of sp³-hybridized carbons (Fsp3) is 0.611. The molecule has 1 aromatic rings. The van der Waals surface area contributed by atoms with Crippen LogP contribution in [0.25, 0.3) is 0 Å². The van der Waals surface area contributed by atoms with Gasteiger partial charge in [0.25, 0.3) is 0 Å². The third-order valence-corrected chi connectivity index (χ3v) is 4.51. The molecule has 0 bridgehead atoms. The van der Waals surface area contributed by atoms with Crippen LogP contribution in [0.4, 0.5) is 4.79 Å². The van der Waals surface area contributed by atoms with Crippen LogP contribution in [0, 0.1) is 0 Å². The molecular formula is C18H28N2O2. The first-order chi connectivity index (χ1) is 10.7. The summed E-state index contributed by atoms with van der Waals surface area (Å²) in [7, 11) is 0. The summed E-state index contributed by atoms with van der Waals surface area (Å²) in [5, 5.41) is 3.02. The summed E-state index contributed by atoms with van der Waals surface area (Å²) in [5.74, 6) is 0. The Morgan fingerprint density at radius 1 is 1.32 bits per heavy atom. The van der Waals surface area contributed by atoms with Gasteiger partial charge in [0.1, 0.15) is 6.61 Å². The zero-order valence-corrected chi connectivity index (χ0v) is 13.8. The Labute approximate surface area is 133 Å². The number of carbonyl (C=O) groups is 1. The van der Waals surface area contributed by atoms with Gasteiger partial charge >= 0.3 is 6.09 Å². The van der Waals surface area contributed by atoms with Crippen molar-refractivity contribution in [2.45, 2.75) is 58.2 Å². The van der Waals surface area contributed by atoms with Crippen LogP contribution >= 0.6 is 0 Å². The van der Waals surface area contributed by atoms with Crippen molar-refractivity contribution in [2.24, 2.45) is 0 Å². The van der Waals surface area contributed by atoms with Gasteiger partial charge in [-0.1, -0.05) is 37.3 Å². The molecule has 1 saturated heterocycles. The predicted molar refractivity (Wildman–Crippen MR) is 88.7 cm³/mol. The Hall–Kier alpha value is -1.55. The number of nitrogens with zero attached hydrogens (tertiary/aromatic N) is 1. The molecule has 4 heteroatoms. The molecule has 0 spiro atoms. The topological polar surface area (TPSA) is 41.6 Å². The summed E-state index contributed by atoms with van der Waals surface area (Å²) in [6.07, 6.45) is 4.05. The number of amides is 1. The summed E-state index contributed by atoms with van der Waals surface area (Å²) in [5.41, 5.74) is 1.02. The summed E-state index contributed by atoms with van der Waals surface area (Å²) in [4.78, 5) is 14.4. The number of ether oxygens (including phenoxy) is 1. The molecule has 0 saturated carbocycles. The standard InChI is InChI=1S/C18H28N2O2/c1-3-15(2)20-12-7-10-17(11-13-20)19-18(21)22-14-16-8-5-4-6-9-16/h4-6,8-9,15,17H,3,7,10-14H2,1-2H3,(H,19,21). The van der Waals surface area contributed by atoms with Crippen molar-refractivity contribution in [2.75, 3.05) is 13.1 Å². The average Bonchev–Trinajstić information content (AvgIpc) is 2.79. The zero-order chi connectivity index (χ0) is 15.8. The van der Waals surface area contributed by atoms with Gasteiger partial charge in [-0.2, -0.15) is 0 Å². The van der Waals surface area contributed by atoms with Gasteiger partial charge in [0.05, 0.1) is 0 Å². The van der Waals surface area contributed by atoms with E-state index >= 15 is 0 Å². The lowest BCUT2D eigenvalue weighted by atomic mass is 10.1. The van der Waals surface area contributed by atoms with Crippen LogP contribution < -0.4 is 5.32 Å². The Balaban J connectivity index is 1.72. The minimum Gasteiger partial charge on any atom is -0.445 e. The molecule has 1 heterocycles. The molecule has 0 aliphatic carbocycles. The van der Waals surface area contributed by atoms with Crippen LogP contribution in [-0.2, 0) is 11.3 Å². The van der Waals surface area contributed by atoms with E-state index in [2.05, 4.69) is 24.1 Å². The summed E-state index contributed by atoms with van der Waals surface area (Å²) in [6.45, 7) is 7.03. The molecule has 1 N–H and O–H groups in total. The van der Waals surface area contributed by atoms with Crippen molar-refractivity contribution in [1.82, 2.24) is 10.2 Å². The van der Waals surface area contributed by atoms with Gasteiger partial charge in [0, 0.05) is 18.6 Å². The normalized spacial score (nSPS) is 20.9. The van der Waals surface area contributed by atoms with E-state index in [1.54, 1.807) is 0 Å². The molecular weight excluding hydrogens is 276 g/mol. The van der Waals surface area contributed by atoms with Crippen LogP contribution in [-0.4, -0.2) is 36.2 Å². The Morgan fingerprint density at radius 3 is 2.82 bits per heavy atom. The van der Waals surface area contributed by atoms with Crippen LogP contribution in [0.3, 0.4) is 0 Å². The van der Waals surface area contributed by atoms with E-state index in [-0.39, 0.29) is 12.1 Å². The number of hydrogen-bond donors (Lipinski definition) is 1. The molecule has 0 radical (unpaired) electrons. The van der Waals surface area contributed by atoms with Gasteiger partial charge < -0.3 is 15.0 Å². The van der Waals surface area contributed by atoms with E-state index in [0.29, 0.717) is 12.6 Å². The second-order valence-corrected chi connectivity index (χ2v) is 6.13. The molecule has 4 nitrogen and oxygen atoms in total. The molecule has 2 atom stereocenters. The van der Waals surface area contributed by atoms with E-state index < -0.39 is 0 Å². The maximum Gasteiger partial charge on any atom is 0.407 e. The fourth-order valence-electron chi connectivity index (χ4n) is 2.89. The monoisotopic (exact) mass is 304 g/mol. The highest BCUT2D eigenvalue weighted by Crippen LogP contribution is 2.15. The van der Waals surface area contributed by atoms with E-state index in [1.807, 2.05) is 30.3 Å². The van der Waals surface area contributed by atoms with E-state index in [0.717, 1.165) is 37.9 Å². The molecule has 0 aromatic heterocycles. The quantitative estimate of drug-likeness (QED) is 0.904. The predicted octanol–water partition coefficient (Wildman–Crippen LogP) is 3.57. The van der Waals surface area contributed by atoms with Crippen molar-refractivity contribution in [3.05, 3.63) is 35.9 Å². The number of hydrogen-bond acceptors (Lipinski definition) is 3. The molecule has 1 aliphatic heterocycles. The van der Waals surface area contributed by atoms with E-state index in [4.69, 9.17) is 4.74 Å². The van der Waals surface area contributed by atoms with E-state index in [9.17, 15) is 4.79 Å². The fourth-order valence-corrected chi connectivity index (χ4v) is 2.89. The molecule has 122 valence electrons. The third-order valence-electron chi connectivity index (χ3n) is 4.51. The van der Waals surface area contributed by atoms with Crippen molar-refractivity contribution in [3.63, 3.8) is 0 Å². The molecule has 1 aromatic carbocycles. The summed E-state index contributed by atoms with van der Waals surface area (Å²) < 4.78 is 5.30. The first-order valence-corrected chi connectivity index (χ1v) is 8.40.